The van der Waals surface area contributed by atoms with E-state index in [0.717, 1.165) is 3.79 Å². The quantitative estimate of drug-likeness (QED) is 0.801. The number of hydrogen-bond donors (Lipinski definition) is 2. The molecule has 0 aliphatic rings. The molecule has 2 N–H and O–H groups in total. The summed E-state index contributed by atoms with van der Waals surface area (Å²) in [5.74, 6) is 0.250. The van der Waals surface area contributed by atoms with Crippen LogP contribution in [0.2, 0.25) is 0 Å². The van der Waals surface area contributed by atoms with Crippen molar-refractivity contribution in [3.63, 3.8) is 0 Å². The Hall–Kier alpha value is -1.25. The first kappa shape index (κ1) is 15.1. The third kappa shape index (κ3) is 3.08. The van der Waals surface area contributed by atoms with Crippen molar-refractivity contribution >= 4 is 43.0 Å². The van der Waals surface area contributed by atoms with Crippen LogP contribution in [0.1, 0.15) is 4.88 Å². The lowest BCUT2D eigenvalue weighted by Gasteiger charge is -2.10. The second-order valence-electron chi connectivity index (χ2n) is 3.96. The zero-order valence-corrected chi connectivity index (χ0v) is 13.9. The number of phenols is 1. The van der Waals surface area contributed by atoms with Crippen LogP contribution in [-0.2, 0) is 10.0 Å². The van der Waals surface area contributed by atoms with Crippen molar-refractivity contribution in [3.8, 4) is 11.5 Å². The van der Waals surface area contributed by atoms with E-state index in [0.29, 0.717) is 10.6 Å². The first-order valence-corrected chi connectivity index (χ1v) is 8.58. The molecule has 20 heavy (non-hydrogen) atoms. The van der Waals surface area contributed by atoms with Crippen LogP contribution in [0.5, 0.6) is 11.5 Å². The summed E-state index contributed by atoms with van der Waals surface area (Å²) < 4.78 is 32.6. The minimum absolute atomic E-state index is 0.104. The first-order chi connectivity index (χ1) is 9.33. The predicted molar refractivity (Wildman–Crippen MR) is 82.2 cm³/mol. The van der Waals surface area contributed by atoms with Crippen molar-refractivity contribution in [1.29, 1.82) is 0 Å². The highest BCUT2D eigenvalue weighted by Crippen LogP contribution is 2.33. The maximum Gasteiger partial charge on any atom is 0.263 e. The summed E-state index contributed by atoms with van der Waals surface area (Å²) in [4.78, 5) is 0.849. The van der Waals surface area contributed by atoms with Crippen LogP contribution < -0.4 is 9.46 Å². The molecule has 1 heterocycles. The van der Waals surface area contributed by atoms with Crippen LogP contribution in [0, 0.1) is 6.92 Å². The molecule has 5 nitrogen and oxygen atoms in total. The average Bonchev–Trinajstić information content (AvgIpc) is 2.71. The molecule has 0 unspecified atom stereocenters. The van der Waals surface area contributed by atoms with E-state index in [1.807, 2.05) is 0 Å². The third-order valence-corrected chi connectivity index (χ3v) is 5.76. The maximum absolute atomic E-state index is 12.3. The Morgan fingerprint density at radius 1 is 1.35 bits per heavy atom. The number of aryl methyl sites for hydroxylation is 1. The molecular formula is C12H12BrNO4S2. The first-order valence-electron chi connectivity index (χ1n) is 5.49. The van der Waals surface area contributed by atoms with Gasteiger partial charge < -0.3 is 9.84 Å². The number of halogens is 1. The number of nitrogens with one attached hydrogen (secondary N) is 1. The van der Waals surface area contributed by atoms with E-state index in [1.165, 1.54) is 36.6 Å². The highest BCUT2D eigenvalue weighted by Gasteiger charge is 2.21. The molecule has 1 aromatic carbocycles. The van der Waals surface area contributed by atoms with Gasteiger partial charge in [0.15, 0.2) is 0 Å². The molecular weight excluding hydrogens is 366 g/mol. The number of rotatable bonds is 4. The summed E-state index contributed by atoms with van der Waals surface area (Å²) in [6.07, 6.45) is 0. The SMILES string of the molecule is COc1ccc(NS(=O)(=O)c2cc(Br)sc2C)c(O)c1. The van der Waals surface area contributed by atoms with E-state index < -0.39 is 10.0 Å². The largest absolute Gasteiger partial charge is 0.506 e. The topological polar surface area (TPSA) is 75.6 Å². The predicted octanol–water partition coefficient (Wildman–Crippen LogP) is 3.33. The van der Waals surface area contributed by atoms with Crippen molar-refractivity contribution in [1.82, 2.24) is 0 Å². The Balaban J connectivity index is 2.36. The number of ether oxygens (including phenoxy) is 1. The van der Waals surface area contributed by atoms with Crippen LogP contribution in [-0.4, -0.2) is 20.6 Å². The van der Waals surface area contributed by atoms with Crippen LogP contribution in [0.4, 0.5) is 5.69 Å². The summed E-state index contributed by atoms with van der Waals surface area (Å²) in [6.45, 7) is 1.72. The van der Waals surface area contributed by atoms with Gasteiger partial charge in [-0.15, -0.1) is 11.3 Å². The van der Waals surface area contributed by atoms with E-state index in [1.54, 1.807) is 13.0 Å². The van der Waals surface area contributed by atoms with Gasteiger partial charge in [-0.2, -0.15) is 0 Å². The Morgan fingerprint density at radius 2 is 2.05 bits per heavy atom. The molecule has 0 aliphatic carbocycles. The molecule has 0 saturated heterocycles. The van der Waals surface area contributed by atoms with Gasteiger partial charge in [-0.1, -0.05) is 0 Å². The van der Waals surface area contributed by atoms with Crippen LogP contribution in [0.15, 0.2) is 32.9 Å². The highest BCUT2D eigenvalue weighted by atomic mass is 79.9. The summed E-state index contributed by atoms with van der Waals surface area (Å²) in [6, 6.07) is 5.88. The number of methoxy groups -OCH3 is 1. The van der Waals surface area contributed by atoms with Gasteiger partial charge in [0, 0.05) is 10.9 Å². The molecule has 0 bridgehead atoms. The number of sulfonamides is 1. The van der Waals surface area contributed by atoms with Crippen molar-refractivity contribution in [2.45, 2.75) is 11.8 Å². The molecule has 1 aromatic heterocycles. The number of aromatic hydroxyl groups is 1. The molecule has 0 aliphatic heterocycles. The smallest absolute Gasteiger partial charge is 0.263 e. The van der Waals surface area contributed by atoms with Crippen molar-refractivity contribution in [2.24, 2.45) is 0 Å². The van der Waals surface area contributed by atoms with Gasteiger partial charge in [0.1, 0.15) is 16.4 Å². The lowest BCUT2D eigenvalue weighted by Crippen LogP contribution is -2.13. The van der Waals surface area contributed by atoms with Crippen LogP contribution in [0.3, 0.4) is 0 Å². The second kappa shape index (κ2) is 5.63. The number of thiophene rings is 1. The van der Waals surface area contributed by atoms with Crippen molar-refractivity contribution < 1.29 is 18.3 Å². The highest BCUT2D eigenvalue weighted by molar-refractivity contribution is 9.11. The molecule has 0 fully saturated rings. The lowest BCUT2D eigenvalue weighted by molar-refractivity contribution is 0.408. The van der Waals surface area contributed by atoms with E-state index in [-0.39, 0.29) is 16.3 Å². The van der Waals surface area contributed by atoms with E-state index in [2.05, 4.69) is 20.7 Å². The molecule has 0 saturated carbocycles. The molecule has 8 heteroatoms. The minimum Gasteiger partial charge on any atom is -0.506 e. The monoisotopic (exact) mass is 377 g/mol. The second-order valence-corrected chi connectivity index (χ2v) is 8.25. The summed E-state index contributed by atoms with van der Waals surface area (Å²) in [5, 5.41) is 9.79. The standard InChI is InChI=1S/C12H12BrNO4S2/c1-7-11(6-12(13)19-7)20(16,17)14-9-4-3-8(18-2)5-10(9)15/h3-6,14-15H,1-2H3. The van der Waals surface area contributed by atoms with Gasteiger partial charge in [-0.25, -0.2) is 8.42 Å². The fourth-order valence-electron chi connectivity index (χ4n) is 1.62. The van der Waals surface area contributed by atoms with Gasteiger partial charge in [0.25, 0.3) is 10.0 Å². The van der Waals surface area contributed by atoms with E-state index >= 15 is 0 Å². The van der Waals surface area contributed by atoms with E-state index in [9.17, 15) is 13.5 Å². The van der Waals surface area contributed by atoms with Gasteiger partial charge in [0.2, 0.25) is 0 Å². The van der Waals surface area contributed by atoms with Gasteiger partial charge in [0.05, 0.1) is 16.6 Å². The molecule has 0 atom stereocenters. The van der Waals surface area contributed by atoms with E-state index in [4.69, 9.17) is 4.74 Å². The minimum atomic E-state index is -3.74. The summed E-state index contributed by atoms with van der Waals surface area (Å²) in [7, 11) is -2.27. The maximum atomic E-state index is 12.3. The number of phenolic OH excluding ortho intramolecular Hbond substituents is 1. The molecule has 108 valence electrons. The molecule has 2 aromatic rings. The lowest BCUT2D eigenvalue weighted by atomic mass is 10.3. The molecule has 0 amide bonds. The Morgan fingerprint density at radius 3 is 2.55 bits per heavy atom. The molecule has 0 radical (unpaired) electrons. The fraction of sp³-hybridized carbons (Fsp3) is 0.167. The summed E-state index contributed by atoms with van der Waals surface area (Å²) in [5.41, 5.74) is 0.104. The van der Waals surface area contributed by atoms with Crippen LogP contribution in [0.25, 0.3) is 0 Å². The van der Waals surface area contributed by atoms with Gasteiger partial charge in [-0.05, 0) is 41.1 Å². The fourth-order valence-corrected chi connectivity index (χ4v) is 5.11. The number of anilines is 1. The normalized spacial score (nSPS) is 11.3. The van der Waals surface area contributed by atoms with Crippen molar-refractivity contribution in [2.75, 3.05) is 11.8 Å². The van der Waals surface area contributed by atoms with Crippen LogP contribution >= 0.6 is 27.3 Å². The van der Waals surface area contributed by atoms with Gasteiger partial charge in [-0.3, -0.25) is 4.72 Å². The zero-order chi connectivity index (χ0) is 14.9. The van der Waals surface area contributed by atoms with Gasteiger partial charge >= 0.3 is 0 Å². The summed E-state index contributed by atoms with van der Waals surface area (Å²) >= 11 is 4.59. The third-order valence-electron chi connectivity index (χ3n) is 2.58. The molecule has 0 spiro atoms. The number of benzene rings is 1. The van der Waals surface area contributed by atoms with Crippen molar-refractivity contribution in [3.05, 3.63) is 32.9 Å². The molecule has 2 rings (SSSR count). The average molecular weight is 378 g/mol. The Labute approximate surface area is 129 Å². The zero-order valence-electron chi connectivity index (χ0n) is 10.7. The Bertz CT molecular complexity index is 740. The number of hydrogen-bond acceptors (Lipinski definition) is 5. The Kier molecular flexibility index (Phi) is 4.26.